The van der Waals surface area contributed by atoms with E-state index in [-0.39, 0.29) is 6.29 Å². The lowest BCUT2D eigenvalue weighted by atomic mass is 10.2. The molecule has 1 fully saturated rings. The van der Waals surface area contributed by atoms with E-state index in [1.54, 1.807) is 0 Å². The Kier molecular flexibility index (Phi) is 3.99. The van der Waals surface area contributed by atoms with Crippen LogP contribution in [0.15, 0.2) is 17.7 Å². The molecule has 1 heterocycles. The first kappa shape index (κ1) is 11.6. The topological polar surface area (TPSA) is 18.5 Å². The maximum atomic E-state index is 5.79. The molecule has 0 spiro atoms. The Morgan fingerprint density at radius 2 is 2.14 bits per heavy atom. The zero-order valence-corrected chi connectivity index (χ0v) is 10.4. The lowest BCUT2D eigenvalue weighted by Crippen LogP contribution is -2.31. The molecule has 0 saturated carbocycles. The van der Waals surface area contributed by atoms with Crippen molar-refractivity contribution in [2.45, 2.75) is 45.2 Å². The van der Waals surface area contributed by atoms with Gasteiger partial charge in [-0.15, -0.1) is 0 Å². The third-order valence-electron chi connectivity index (χ3n) is 2.23. The summed E-state index contributed by atoms with van der Waals surface area (Å²) in [6, 6.07) is 0. The monoisotopic (exact) mass is 212 g/mol. The molecule has 1 aliphatic rings. The summed E-state index contributed by atoms with van der Waals surface area (Å²) >= 11 is 0. The van der Waals surface area contributed by atoms with Gasteiger partial charge in [0.15, 0.2) is 6.29 Å². The smallest absolute Gasteiger partial charge is 0.199 e. The van der Waals surface area contributed by atoms with Crippen LogP contribution in [-0.2, 0) is 9.47 Å². The summed E-state index contributed by atoms with van der Waals surface area (Å²) in [4.78, 5) is 0. The quantitative estimate of drug-likeness (QED) is 0.406. The Labute approximate surface area is 87.6 Å². The fraction of sp³-hybridized carbons (Fsp3) is 0.727. The van der Waals surface area contributed by atoms with Gasteiger partial charge < -0.3 is 9.47 Å². The maximum Gasteiger partial charge on any atom is 0.199 e. The molecule has 0 amide bonds. The minimum atomic E-state index is -1.43. The van der Waals surface area contributed by atoms with E-state index in [2.05, 4.69) is 32.0 Å². The Balaban J connectivity index is 2.53. The standard InChI is InChI=1S/C11H20O2Si/c1-5-11(14(2,3)4)13-10-8-6-7-9-12-10/h10H,1,6-9H2,2-4H3. The molecule has 0 aromatic rings. The van der Waals surface area contributed by atoms with Gasteiger partial charge >= 0.3 is 0 Å². The predicted octanol–water partition coefficient (Wildman–Crippen LogP) is 3.08. The molecule has 1 saturated heterocycles. The summed E-state index contributed by atoms with van der Waals surface area (Å²) in [5.41, 5.74) is 2.92. The molecule has 80 valence electrons. The second-order valence-corrected chi connectivity index (χ2v) is 9.62. The molecule has 14 heavy (non-hydrogen) atoms. The lowest BCUT2D eigenvalue weighted by molar-refractivity contribution is -0.133. The van der Waals surface area contributed by atoms with E-state index in [9.17, 15) is 0 Å². The predicted molar refractivity (Wildman–Crippen MR) is 60.7 cm³/mol. The second-order valence-electron chi connectivity index (χ2n) is 4.67. The minimum absolute atomic E-state index is 0.0558. The van der Waals surface area contributed by atoms with Crippen molar-refractivity contribution in [1.29, 1.82) is 0 Å². The first-order valence-electron chi connectivity index (χ1n) is 5.23. The fourth-order valence-corrected chi connectivity index (χ4v) is 2.43. The van der Waals surface area contributed by atoms with Gasteiger partial charge in [0.2, 0.25) is 0 Å². The molecule has 1 unspecified atom stereocenters. The summed E-state index contributed by atoms with van der Waals surface area (Å²) in [7, 11) is -1.43. The molecule has 0 aromatic heterocycles. The van der Waals surface area contributed by atoms with Gasteiger partial charge in [0, 0.05) is 6.42 Å². The van der Waals surface area contributed by atoms with Crippen molar-refractivity contribution >= 4 is 8.07 Å². The molecular formula is C11H20O2Si. The van der Waals surface area contributed by atoms with Gasteiger partial charge in [-0.05, 0) is 12.8 Å². The van der Waals surface area contributed by atoms with Gasteiger partial charge in [-0.3, -0.25) is 0 Å². The molecule has 0 N–H and O–H groups in total. The van der Waals surface area contributed by atoms with E-state index < -0.39 is 8.07 Å². The normalized spacial score (nSPS) is 22.6. The first-order chi connectivity index (χ1) is 6.54. The Morgan fingerprint density at radius 1 is 1.43 bits per heavy atom. The zero-order chi connectivity index (χ0) is 10.6. The third kappa shape index (κ3) is 3.33. The molecule has 1 aliphatic heterocycles. The van der Waals surface area contributed by atoms with Gasteiger partial charge in [0.1, 0.15) is 13.5 Å². The molecule has 0 bridgehead atoms. The fourth-order valence-electron chi connectivity index (χ4n) is 1.42. The van der Waals surface area contributed by atoms with Crippen LogP contribution in [-0.4, -0.2) is 21.0 Å². The summed E-state index contributed by atoms with van der Waals surface area (Å²) in [6.07, 6.45) is 3.29. The van der Waals surface area contributed by atoms with Crippen molar-refractivity contribution in [3.63, 3.8) is 0 Å². The average molecular weight is 212 g/mol. The molecular weight excluding hydrogens is 192 g/mol. The molecule has 1 atom stereocenters. The molecule has 0 aromatic carbocycles. The van der Waals surface area contributed by atoms with Crippen LogP contribution in [0.4, 0.5) is 0 Å². The Hall–Kier alpha value is -0.503. The van der Waals surface area contributed by atoms with Crippen molar-refractivity contribution in [2.24, 2.45) is 0 Å². The highest BCUT2D eigenvalue weighted by Crippen LogP contribution is 2.21. The van der Waals surface area contributed by atoms with Crippen LogP contribution in [0.5, 0.6) is 0 Å². The number of hydrogen-bond acceptors (Lipinski definition) is 2. The summed E-state index contributed by atoms with van der Waals surface area (Å²) < 4.78 is 11.3. The Morgan fingerprint density at radius 3 is 2.57 bits per heavy atom. The van der Waals surface area contributed by atoms with Crippen molar-refractivity contribution in [2.75, 3.05) is 6.61 Å². The molecule has 0 radical (unpaired) electrons. The van der Waals surface area contributed by atoms with Crippen molar-refractivity contribution < 1.29 is 9.47 Å². The van der Waals surface area contributed by atoms with E-state index in [1.807, 2.05) is 0 Å². The van der Waals surface area contributed by atoms with Crippen LogP contribution in [0.2, 0.25) is 19.6 Å². The van der Waals surface area contributed by atoms with E-state index in [0.29, 0.717) is 0 Å². The second kappa shape index (κ2) is 4.83. The van der Waals surface area contributed by atoms with Crippen LogP contribution in [0.3, 0.4) is 0 Å². The third-order valence-corrected chi connectivity index (χ3v) is 3.89. The molecule has 1 rings (SSSR count). The van der Waals surface area contributed by atoms with Crippen LogP contribution in [0.1, 0.15) is 19.3 Å². The van der Waals surface area contributed by atoms with Crippen molar-refractivity contribution in [1.82, 2.24) is 0 Å². The van der Waals surface area contributed by atoms with Crippen LogP contribution in [0, 0.1) is 0 Å². The molecule has 2 nitrogen and oxygen atoms in total. The summed E-state index contributed by atoms with van der Waals surface area (Å²) in [6.45, 7) is 11.2. The van der Waals surface area contributed by atoms with Crippen molar-refractivity contribution in [3.8, 4) is 0 Å². The Bertz CT molecular complexity index is 230. The van der Waals surface area contributed by atoms with Gasteiger partial charge in [-0.25, -0.2) is 0 Å². The van der Waals surface area contributed by atoms with Gasteiger partial charge in [-0.2, -0.15) is 0 Å². The van der Waals surface area contributed by atoms with Crippen LogP contribution in [0.25, 0.3) is 0 Å². The number of ether oxygens (including phenoxy) is 2. The van der Waals surface area contributed by atoms with E-state index in [1.165, 1.54) is 6.42 Å². The number of hydrogen-bond donors (Lipinski definition) is 0. The largest absolute Gasteiger partial charge is 0.467 e. The molecule has 0 aliphatic carbocycles. The van der Waals surface area contributed by atoms with Gasteiger partial charge in [-0.1, -0.05) is 32.0 Å². The highest BCUT2D eigenvalue weighted by molar-refractivity contribution is 6.82. The van der Waals surface area contributed by atoms with E-state index in [4.69, 9.17) is 9.47 Å². The van der Waals surface area contributed by atoms with Gasteiger partial charge in [0.05, 0.1) is 6.61 Å². The molecule has 3 heteroatoms. The highest BCUT2D eigenvalue weighted by atomic mass is 28.3. The minimum Gasteiger partial charge on any atom is -0.467 e. The zero-order valence-electron chi connectivity index (χ0n) is 9.43. The lowest BCUT2D eigenvalue weighted by Gasteiger charge is -2.28. The maximum absolute atomic E-state index is 5.79. The average Bonchev–Trinajstić information content (AvgIpc) is 2.14. The van der Waals surface area contributed by atoms with Crippen LogP contribution < -0.4 is 0 Å². The van der Waals surface area contributed by atoms with E-state index >= 15 is 0 Å². The SMILES string of the molecule is C=C=C(OC1CCCCO1)[Si](C)(C)C. The summed E-state index contributed by atoms with van der Waals surface area (Å²) in [5.74, 6) is 0. The first-order valence-corrected chi connectivity index (χ1v) is 8.73. The summed E-state index contributed by atoms with van der Waals surface area (Å²) in [5, 5.41) is 0.935. The van der Waals surface area contributed by atoms with E-state index in [0.717, 1.165) is 24.8 Å². The highest BCUT2D eigenvalue weighted by Gasteiger charge is 2.25. The van der Waals surface area contributed by atoms with Gasteiger partial charge in [0.25, 0.3) is 0 Å². The van der Waals surface area contributed by atoms with Crippen molar-refractivity contribution in [3.05, 3.63) is 17.7 Å². The van der Waals surface area contributed by atoms with Crippen LogP contribution >= 0.6 is 0 Å². The number of rotatable bonds is 3.